The minimum Gasteiger partial charge on any atom is -0.477 e. The summed E-state index contributed by atoms with van der Waals surface area (Å²) in [6.45, 7) is 4.60. The van der Waals surface area contributed by atoms with Gasteiger partial charge >= 0.3 is 0 Å². The Morgan fingerprint density at radius 3 is 2.56 bits per heavy atom. The normalized spacial score (nSPS) is 10.1. The van der Waals surface area contributed by atoms with Crippen LogP contribution in [0, 0.1) is 6.92 Å². The van der Waals surface area contributed by atoms with Crippen molar-refractivity contribution >= 4 is 0 Å². The monoisotopic (exact) mass is 214 g/mol. The second-order valence-electron chi connectivity index (χ2n) is 3.54. The summed E-state index contributed by atoms with van der Waals surface area (Å²) in [5.74, 6) is 0.570. The van der Waals surface area contributed by atoms with Gasteiger partial charge in [0.05, 0.1) is 24.7 Å². The van der Waals surface area contributed by atoms with Crippen molar-refractivity contribution in [2.24, 2.45) is 0 Å². The minimum atomic E-state index is 0.570. The van der Waals surface area contributed by atoms with E-state index >= 15 is 0 Å². The van der Waals surface area contributed by atoms with Crippen LogP contribution < -0.4 is 4.74 Å². The van der Waals surface area contributed by atoms with E-state index in [2.05, 4.69) is 29.0 Å². The van der Waals surface area contributed by atoms with E-state index in [1.807, 2.05) is 19.1 Å². The lowest BCUT2D eigenvalue weighted by atomic mass is 10.1. The van der Waals surface area contributed by atoms with Crippen molar-refractivity contribution in [3.05, 3.63) is 42.2 Å². The van der Waals surface area contributed by atoms with E-state index in [9.17, 15) is 0 Å². The molecular weight excluding hydrogens is 200 g/mol. The van der Waals surface area contributed by atoms with E-state index in [1.54, 1.807) is 12.4 Å². The van der Waals surface area contributed by atoms with E-state index in [0.29, 0.717) is 12.5 Å². The molecule has 0 N–H and O–H groups in total. The number of nitrogens with zero attached hydrogens (tertiary/aromatic N) is 2. The fourth-order valence-corrected chi connectivity index (χ4v) is 1.43. The molecule has 3 heteroatoms. The molecule has 16 heavy (non-hydrogen) atoms. The topological polar surface area (TPSA) is 35.0 Å². The van der Waals surface area contributed by atoms with Gasteiger partial charge < -0.3 is 4.74 Å². The van der Waals surface area contributed by atoms with Gasteiger partial charge in [0.15, 0.2) is 0 Å². The Bertz CT molecular complexity index is 466. The molecular formula is C13H14N2O. The lowest BCUT2D eigenvalue weighted by Crippen LogP contribution is -1.96. The molecule has 2 rings (SSSR count). The first-order chi connectivity index (χ1) is 7.79. The predicted octanol–water partition coefficient (Wildman–Crippen LogP) is 2.85. The fourth-order valence-electron chi connectivity index (χ4n) is 1.43. The Hall–Kier alpha value is -1.90. The average Bonchev–Trinajstić information content (AvgIpc) is 2.31. The summed E-state index contributed by atoms with van der Waals surface area (Å²) < 4.78 is 5.32. The molecule has 0 aliphatic rings. The van der Waals surface area contributed by atoms with Gasteiger partial charge in [-0.05, 0) is 13.8 Å². The van der Waals surface area contributed by atoms with Crippen molar-refractivity contribution in [3.8, 4) is 17.1 Å². The lowest BCUT2D eigenvalue weighted by molar-refractivity contribution is 0.325. The molecule has 0 spiro atoms. The number of hydrogen-bond donors (Lipinski definition) is 0. The Kier molecular flexibility index (Phi) is 3.15. The number of rotatable bonds is 3. The summed E-state index contributed by atoms with van der Waals surface area (Å²) in [5.41, 5.74) is 3.13. The highest BCUT2D eigenvalue weighted by atomic mass is 16.5. The van der Waals surface area contributed by atoms with Crippen LogP contribution in [0.4, 0.5) is 0 Å². The van der Waals surface area contributed by atoms with E-state index in [-0.39, 0.29) is 0 Å². The maximum Gasteiger partial charge on any atom is 0.232 e. The van der Waals surface area contributed by atoms with Crippen molar-refractivity contribution < 1.29 is 4.74 Å². The maximum absolute atomic E-state index is 5.32. The van der Waals surface area contributed by atoms with Gasteiger partial charge in [0.2, 0.25) is 5.88 Å². The molecule has 0 aliphatic heterocycles. The van der Waals surface area contributed by atoms with E-state index < -0.39 is 0 Å². The third kappa shape index (κ3) is 2.37. The summed E-state index contributed by atoms with van der Waals surface area (Å²) in [7, 11) is 0. The zero-order chi connectivity index (χ0) is 11.4. The van der Waals surface area contributed by atoms with Crippen LogP contribution in [0.15, 0.2) is 36.7 Å². The molecule has 82 valence electrons. The smallest absolute Gasteiger partial charge is 0.232 e. The Labute approximate surface area is 95.1 Å². The highest BCUT2D eigenvalue weighted by Gasteiger charge is 2.01. The molecule has 0 aliphatic carbocycles. The molecule has 0 saturated heterocycles. The number of aromatic nitrogens is 2. The summed E-state index contributed by atoms with van der Waals surface area (Å²) in [6, 6.07) is 8.19. The Morgan fingerprint density at radius 1 is 1.12 bits per heavy atom. The van der Waals surface area contributed by atoms with E-state index in [0.717, 1.165) is 11.3 Å². The van der Waals surface area contributed by atoms with Crippen LogP contribution in [0.3, 0.4) is 0 Å². The first-order valence-electron chi connectivity index (χ1n) is 5.31. The summed E-state index contributed by atoms with van der Waals surface area (Å²) in [6.07, 6.45) is 3.37. The molecule has 0 amide bonds. The SMILES string of the molecule is CCOc1cncc(-c2ccc(C)cc2)n1. The molecule has 0 bridgehead atoms. The first-order valence-corrected chi connectivity index (χ1v) is 5.31. The van der Waals surface area contributed by atoms with Crippen LogP contribution in [0.1, 0.15) is 12.5 Å². The van der Waals surface area contributed by atoms with Crippen LogP contribution >= 0.6 is 0 Å². The van der Waals surface area contributed by atoms with Crippen LogP contribution in [0.5, 0.6) is 5.88 Å². The molecule has 1 aromatic heterocycles. The van der Waals surface area contributed by atoms with Gasteiger partial charge in [0.25, 0.3) is 0 Å². The summed E-state index contributed by atoms with van der Waals surface area (Å²) in [4.78, 5) is 8.49. The highest BCUT2D eigenvalue weighted by molar-refractivity contribution is 5.58. The van der Waals surface area contributed by atoms with Crippen molar-refractivity contribution in [1.82, 2.24) is 9.97 Å². The van der Waals surface area contributed by atoms with Gasteiger partial charge in [-0.25, -0.2) is 4.98 Å². The van der Waals surface area contributed by atoms with Crippen molar-refractivity contribution in [2.75, 3.05) is 6.61 Å². The molecule has 2 aromatic rings. The molecule has 1 heterocycles. The van der Waals surface area contributed by atoms with Gasteiger partial charge in [0.1, 0.15) is 0 Å². The Morgan fingerprint density at radius 2 is 1.88 bits per heavy atom. The van der Waals surface area contributed by atoms with Crippen molar-refractivity contribution in [1.29, 1.82) is 0 Å². The first kappa shape index (κ1) is 10.6. The standard InChI is InChI=1S/C13H14N2O/c1-3-16-13-9-14-8-12(15-13)11-6-4-10(2)5-7-11/h4-9H,3H2,1-2H3. The van der Waals surface area contributed by atoms with Crippen LogP contribution in [-0.4, -0.2) is 16.6 Å². The van der Waals surface area contributed by atoms with Gasteiger partial charge in [-0.15, -0.1) is 0 Å². The zero-order valence-corrected chi connectivity index (χ0v) is 9.47. The summed E-state index contributed by atoms with van der Waals surface area (Å²) >= 11 is 0. The van der Waals surface area contributed by atoms with Crippen molar-refractivity contribution in [3.63, 3.8) is 0 Å². The predicted molar refractivity (Wildman–Crippen MR) is 63.4 cm³/mol. The van der Waals surface area contributed by atoms with Gasteiger partial charge in [-0.2, -0.15) is 0 Å². The van der Waals surface area contributed by atoms with Crippen LogP contribution in [0.2, 0.25) is 0 Å². The van der Waals surface area contributed by atoms with Gasteiger partial charge in [0, 0.05) is 5.56 Å². The average molecular weight is 214 g/mol. The quantitative estimate of drug-likeness (QED) is 0.788. The van der Waals surface area contributed by atoms with Crippen LogP contribution in [0.25, 0.3) is 11.3 Å². The molecule has 0 saturated carbocycles. The number of ether oxygens (including phenoxy) is 1. The number of benzene rings is 1. The van der Waals surface area contributed by atoms with Crippen LogP contribution in [-0.2, 0) is 0 Å². The Balaban J connectivity index is 2.32. The van der Waals surface area contributed by atoms with E-state index in [4.69, 9.17) is 4.74 Å². The third-order valence-corrected chi connectivity index (χ3v) is 2.25. The lowest BCUT2D eigenvalue weighted by Gasteiger charge is -2.04. The molecule has 3 nitrogen and oxygen atoms in total. The fraction of sp³-hybridized carbons (Fsp3) is 0.231. The van der Waals surface area contributed by atoms with Gasteiger partial charge in [-0.3, -0.25) is 4.98 Å². The maximum atomic E-state index is 5.32. The van der Waals surface area contributed by atoms with E-state index in [1.165, 1.54) is 5.56 Å². The molecule has 0 radical (unpaired) electrons. The minimum absolute atomic E-state index is 0.570. The molecule has 0 fully saturated rings. The second-order valence-corrected chi connectivity index (χ2v) is 3.54. The van der Waals surface area contributed by atoms with Gasteiger partial charge in [-0.1, -0.05) is 29.8 Å². The second kappa shape index (κ2) is 4.75. The van der Waals surface area contributed by atoms with Crippen molar-refractivity contribution in [2.45, 2.75) is 13.8 Å². The third-order valence-electron chi connectivity index (χ3n) is 2.25. The summed E-state index contributed by atoms with van der Waals surface area (Å²) in [5, 5.41) is 0. The largest absolute Gasteiger partial charge is 0.477 e. The molecule has 0 atom stereocenters. The zero-order valence-electron chi connectivity index (χ0n) is 9.47. The highest BCUT2D eigenvalue weighted by Crippen LogP contribution is 2.18. The molecule has 0 unspecified atom stereocenters. The number of hydrogen-bond acceptors (Lipinski definition) is 3. The molecule has 1 aromatic carbocycles. The number of aryl methyl sites for hydroxylation is 1.